The van der Waals surface area contributed by atoms with Crippen LogP contribution in [0.2, 0.25) is 0 Å². The summed E-state index contributed by atoms with van der Waals surface area (Å²) >= 11 is 1.55. The Morgan fingerprint density at radius 2 is 2.18 bits per heavy atom. The number of hydrogen-bond donors (Lipinski definition) is 3. The van der Waals surface area contributed by atoms with Crippen LogP contribution in [-0.2, 0) is 0 Å². The third-order valence-corrected chi connectivity index (χ3v) is 3.49. The molecule has 6 heteroatoms. The summed E-state index contributed by atoms with van der Waals surface area (Å²) in [5, 5.41) is 14.3. The lowest BCUT2D eigenvalue weighted by atomic mass is 10.2. The number of guanidine groups is 1. The molecule has 0 amide bonds. The van der Waals surface area contributed by atoms with Gasteiger partial charge in [0.2, 0.25) is 5.96 Å². The third-order valence-electron chi connectivity index (χ3n) is 2.32. The average molecular weight is 248 g/mol. The van der Waals surface area contributed by atoms with Crippen molar-refractivity contribution >= 4 is 39.1 Å². The first-order valence-corrected chi connectivity index (χ1v) is 5.76. The average Bonchev–Trinajstić information content (AvgIpc) is 2.66. The number of nitrogens with zero attached hydrogens (tertiary/aromatic N) is 2. The fourth-order valence-corrected chi connectivity index (χ4v) is 2.61. The van der Waals surface area contributed by atoms with Crippen molar-refractivity contribution in [1.29, 1.82) is 0 Å². The number of aliphatic imine (C=N–C) groups is 1. The summed E-state index contributed by atoms with van der Waals surface area (Å²) in [4.78, 5) is 4.23. The van der Waals surface area contributed by atoms with Crippen LogP contribution in [0.5, 0.6) is 0 Å². The Labute approximate surface area is 102 Å². The molecule has 0 spiro atoms. The molecule has 88 valence electrons. The molecule has 0 saturated heterocycles. The van der Waals surface area contributed by atoms with E-state index in [1.54, 1.807) is 11.3 Å². The molecule has 1 aromatic carbocycles. The number of thiophene rings is 1. The van der Waals surface area contributed by atoms with Gasteiger partial charge < -0.3 is 0 Å². The summed E-state index contributed by atoms with van der Waals surface area (Å²) in [6.07, 6.45) is 0. The fraction of sp³-hybridized carbons (Fsp3) is 0.0909. The quantitative estimate of drug-likeness (QED) is 0.434. The summed E-state index contributed by atoms with van der Waals surface area (Å²) in [6.45, 7) is 5.26. The van der Waals surface area contributed by atoms with Crippen molar-refractivity contribution in [3.8, 4) is 0 Å². The summed E-state index contributed by atoms with van der Waals surface area (Å²) in [6, 6.07) is 8.06. The molecule has 0 aliphatic carbocycles. The van der Waals surface area contributed by atoms with Crippen LogP contribution in [0.1, 0.15) is 5.56 Å². The number of nitrogens with one attached hydrogen (secondary N) is 2. The van der Waals surface area contributed by atoms with Crippen molar-refractivity contribution in [3.05, 3.63) is 29.8 Å². The summed E-state index contributed by atoms with van der Waals surface area (Å²) < 4.78 is 1.16. The second kappa shape index (κ2) is 4.94. The lowest BCUT2D eigenvalue weighted by Gasteiger charge is -2.01. The molecule has 0 unspecified atom stereocenters. The van der Waals surface area contributed by atoms with E-state index in [0.717, 1.165) is 15.3 Å². The fourth-order valence-electron chi connectivity index (χ4n) is 1.52. The molecular weight excluding hydrogens is 236 g/mol. The van der Waals surface area contributed by atoms with Crippen molar-refractivity contribution < 1.29 is 5.21 Å². The zero-order chi connectivity index (χ0) is 12.3. The van der Waals surface area contributed by atoms with E-state index in [-0.39, 0.29) is 5.96 Å². The number of benzene rings is 1. The molecule has 0 bridgehead atoms. The molecule has 0 aliphatic rings. The first-order valence-electron chi connectivity index (χ1n) is 4.95. The Hall–Kier alpha value is -1.92. The number of rotatable bonds is 2. The minimum absolute atomic E-state index is 0.148. The van der Waals surface area contributed by atoms with Gasteiger partial charge in [-0.3, -0.25) is 5.21 Å². The van der Waals surface area contributed by atoms with Gasteiger partial charge in [-0.2, -0.15) is 5.10 Å². The first kappa shape index (κ1) is 11.6. The molecule has 2 aromatic rings. The number of hydrogen-bond acceptors (Lipinski definition) is 4. The Morgan fingerprint density at radius 1 is 1.41 bits per heavy atom. The van der Waals surface area contributed by atoms with Crippen LogP contribution in [0.3, 0.4) is 0 Å². The van der Waals surface area contributed by atoms with E-state index in [1.165, 1.54) is 5.39 Å². The van der Waals surface area contributed by atoms with Crippen molar-refractivity contribution in [2.75, 3.05) is 0 Å². The van der Waals surface area contributed by atoms with Crippen molar-refractivity contribution in [2.24, 2.45) is 10.1 Å². The van der Waals surface area contributed by atoms with Crippen molar-refractivity contribution in [3.63, 3.8) is 0 Å². The standard InChI is InChI=1S/C11H12N4OS/c1-7-8-5-3-4-6-9(8)17-10(7)13-11(15-16)14-12-2/h3-6,16H,2H2,1H3,(H2,13,14,15). The zero-order valence-electron chi connectivity index (χ0n) is 9.27. The van der Waals surface area contributed by atoms with Gasteiger partial charge in [0.1, 0.15) is 5.00 Å². The normalized spacial score (nSPS) is 11.5. The van der Waals surface area contributed by atoms with Gasteiger partial charge in [0.25, 0.3) is 0 Å². The second-order valence-corrected chi connectivity index (χ2v) is 4.40. The Bertz CT molecular complexity index is 576. The van der Waals surface area contributed by atoms with Gasteiger partial charge in [-0.1, -0.05) is 18.2 Å². The summed E-state index contributed by atoms with van der Waals surface area (Å²) in [7, 11) is 0. The predicted octanol–water partition coefficient (Wildman–Crippen LogP) is 2.38. The minimum Gasteiger partial charge on any atom is -0.288 e. The highest BCUT2D eigenvalue weighted by molar-refractivity contribution is 7.22. The molecular formula is C11H12N4OS. The second-order valence-electron chi connectivity index (χ2n) is 3.37. The van der Waals surface area contributed by atoms with Gasteiger partial charge in [-0.25, -0.2) is 15.9 Å². The number of hydroxylamine groups is 1. The van der Waals surface area contributed by atoms with E-state index in [9.17, 15) is 0 Å². The Morgan fingerprint density at radius 3 is 2.82 bits per heavy atom. The highest BCUT2D eigenvalue weighted by Gasteiger charge is 2.07. The van der Waals surface area contributed by atoms with Crippen LogP contribution in [0, 0.1) is 6.92 Å². The smallest absolute Gasteiger partial charge is 0.242 e. The Balaban J connectivity index is 2.48. The summed E-state index contributed by atoms with van der Waals surface area (Å²) in [5.74, 6) is 0.148. The number of hydrazone groups is 1. The van der Waals surface area contributed by atoms with E-state index < -0.39 is 0 Å². The van der Waals surface area contributed by atoms with E-state index in [4.69, 9.17) is 5.21 Å². The molecule has 2 rings (SSSR count). The van der Waals surface area contributed by atoms with Crippen LogP contribution < -0.4 is 10.9 Å². The van der Waals surface area contributed by atoms with Gasteiger partial charge in [-0.05, 0) is 23.9 Å². The molecule has 0 fully saturated rings. The van der Waals surface area contributed by atoms with E-state index >= 15 is 0 Å². The van der Waals surface area contributed by atoms with E-state index in [1.807, 2.05) is 36.7 Å². The molecule has 1 heterocycles. The predicted molar refractivity (Wildman–Crippen MR) is 71.3 cm³/mol. The zero-order valence-corrected chi connectivity index (χ0v) is 10.1. The number of fused-ring (bicyclic) bond motifs is 1. The maximum absolute atomic E-state index is 8.86. The van der Waals surface area contributed by atoms with E-state index in [2.05, 4.69) is 22.2 Å². The monoisotopic (exact) mass is 248 g/mol. The molecule has 5 nitrogen and oxygen atoms in total. The largest absolute Gasteiger partial charge is 0.288 e. The SMILES string of the molecule is C=NNC(=Nc1sc2ccccc2c1C)NO. The highest BCUT2D eigenvalue weighted by atomic mass is 32.1. The van der Waals surface area contributed by atoms with Crippen LogP contribution in [0.25, 0.3) is 10.1 Å². The molecule has 0 aliphatic heterocycles. The van der Waals surface area contributed by atoms with Gasteiger partial charge in [0, 0.05) is 11.4 Å². The molecule has 0 atom stereocenters. The van der Waals surface area contributed by atoms with Gasteiger partial charge in [0.15, 0.2) is 0 Å². The van der Waals surface area contributed by atoms with Gasteiger partial charge in [0.05, 0.1) is 0 Å². The maximum atomic E-state index is 8.86. The highest BCUT2D eigenvalue weighted by Crippen LogP contribution is 2.36. The lowest BCUT2D eigenvalue weighted by molar-refractivity contribution is 0.230. The van der Waals surface area contributed by atoms with Gasteiger partial charge >= 0.3 is 0 Å². The third kappa shape index (κ3) is 2.27. The molecule has 17 heavy (non-hydrogen) atoms. The summed E-state index contributed by atoms with van der Waals surface area (Å²) in [5.41, 5.74) is 5.47. The molecule has 3 N–H and O–H groups in total. The molecule has 0 saturated carbocycles. The van der Waals surface area contributed by atoms with Crippen LogP contribution >= 0.6 is 11.3 Å². The van der Waals surface area contributed by atoms with Crippen molar-refractivity contribution in [2.45, 2.75) is 6.92 Å². The Kier molecular flexibility index (Phi) is 3.36. The lowest BCUT2D eigenvalue weighted by Crippen LogP contribution is -2.30. The topological polar surface area (TPSA) is 69.0 Å². The number of aryl methyl sites for hydroxylation is 1. The molecule has 1 aromatic heterocycles. The van der Waals surface area contributed by atoms with Crippen LogP contribution in [0.4, 0.5) is 5.00 Å². The van der Waals surface area contributed by atoms with Crippen molar-refractivity contribution in [1.82, 2.24) is 10.9 Å². The maximum Gasteiger partial charge on any atom is 0.242 e. The molecule has 0 radical (unpaired) electrons. The first-order chi connectivity index (χ1) is 8.26. The van der Waals surface area contributed by atoms with Crippen LogP contribution in [-0.4, -0.2) is 17.9 Å². The van der Waals surface area contributed by atoms with Gasteiger partial charge in [-0.15, -0.1) is 11.3 Å². The van der Waals surface area contributed by atoms with E-state index in [0.29, 0.717) is 0 Å². The minimum atomic E-state index is 0.148. The van der Waals surface area contributed by atoms with Crippen LogP contribution in [0.15, 0.2) is 34.4 Å².